The van der Waals surface area contributed by atoms with Crippen LogP contribution in [0.2, 0.25) is 0 Å². The number of halogens is 1. The Morgan fingerprint density at radius 3 is 2.73 bits per heavy atom. The van der Waals surface area contributed by atoms with Crippen LogP contribution in [0.25, 0.3) is 0 Å². The van der Waals surface area contributed by atoms with E-state index >= 15 is 0 Å². The monoisotopic (exact) mass is 212 g/mol. The van der Waals surface area contributed by atoms with Crippen LogP contribution in [0, 0.1) is 12.7 Å². The summed E-state index contributed by atoms with van der Waals surface area (Å²) in [7, 11) is 1.45. The zero-order valence-electron chi connectivity index (χ0n) is 8.71. The van der Waals surface area contributed by atoms with Crippen molar-refractivity contribution in [3.8, 4) is 5.75 Å². The number of carboxylic acid groups (broad SMARTS) is 1. The SMILES string of the molecule is COc1c(CCC(=O)O)ccc(F)c1C. The molecule has 82 valence electrons. The Balaban J connectivity index is 2.97. The van der Waals surface area contributed by atoms with Gasteiger partial charge in [-0.05, 0) is 25.0 Å². The molecular weight excluding hydrogens is 199 g/mol. The van der Waals surface area contributed by atoms with Gasteiger partial charge in [0.1, 0.15) is 11.6 Å². The topological polar surface area (TPSA) is 46.5 Å². The number of ether oxygens (including phenoxy) is 1. The number of hydrogen-bond acceptors (Lipinski definition) is 2. The fraction of sp³-hybridized carbons (Fsp3) is 0.364. The molecule has 1 aromatic rings. The van der Waals surface area contributed by atoms with Crippen molar-refractivity contribution < 1.29 is 19.0 Å². The Labute approximate surface area is 87.5 Å². The van der Waals surface area contributed by atoms with Gasteiger partial charge >= 0.3 is 5.97 Å². The second-order valence-electron chi connectivity index (χ2n) is 3.26. The Morgan fingerprint density at radius 1 is 1.53 bits per heavy atom. The molecule has 1 N–H and O–H groups in total. The van der Waals surface area contributed by atoms with Gasteiger partial charge in [0.2, 0.25) is 0 Å². The first-order valence-corrected chi connectivity index (χ1v) is 4.60. The van der Waals surface area contributed by atoms with E-state index in [2.05, 4.69) is 0 Å². The average Bonchev–Trinajstić information content (AvgIpc) is 2.19. The quantitative estimate of drug-likeness (QED) is 0.831. The Hall–Kier alpha value is -1.58. The molecule has 0 unspecified atom stereocenters. The molecule has 3 nitrogen and oxygen atoms in total. The van der Waals surface area contributed by atoms with Gasteiger partial charge in [-0.2, -0.15) is 0 Å². The summed E-state index contributed by atoms with van der Waals surface area (Å²) < 4.78 is 18.2. The van der Waals surface area contributed by atoms with E-state index in [0.29, 0.717) is 17.7 Å². The fourth-order valence-corrected chi connectivity index (χ4v) is 1.45. The van der Waals surface area contributed by atoms with Gasteiger partial charge < -0.3 is 9.84 Å². The summed E-state index contributed by atoms with van der Waals surface area (Å²) in [6, 6.07) is 2.89. The van der Waals surface area contributed by atoms with Crippen LogP contribution in [0.3, 0.4) is 0 Å². The standard InChI is InChI=1S/C11H13FO3/c1-7-9(12)5-3-8(11(7)15-2)4-6-10(13)14/h3,5H,4,6H2,1-2H3,(H,13,14). The average molecular weight is 212 g/mol. The number of benzene rings is 1. The molecule has 0 radical (unpaired) electrons. The highest BCUT2D eigenvalue weighted by Crippen LogP contribution is 2.26. The highest BCUT2D eigenvalue weighted by atomic mass is 19.1. The van der Waals surface area contributed by atoms with E-state index < -0.39 is 5.97 Å². The number of methoxy groups -OCH3 is 1. The molecule has 0 aliphatic heterocycles. The van der Waals surface area contributed by atoms with E-state index in [1.54, 1.807) is 13.0 Å². The molecule has 0 saturated heterocycles. The second kappa shape index (κ2) is 4.77. The summed E-state index contributed by atoms with van der Waals surface area (Å²) in [6.07, 6.45) is 0.362. The third kappa shape index (κ3) is 2.68. The highest BCUT2D eigenvalue weighted by Gasteiger charge is 2.11. The van der Waals surface area contributed by atoms with Crippen molar-refractivity contribution in [2.75, 3.05) is 7.11 Å². The molecule has 0 saturated carbocycles. The smallest absolute Gasteiger partial charge is 0.303 e. The van der Waals surface area contributed by atoms with Crippen LogP contribution in [0.15, 0.2) is 12.1 Å². The summed E-state index contributed by atoms with van der Waals surface area (Å²) in [4.78, 5) is 10.4. The van der Waals surface area contributed by atoms with E-state index in [-0.39, 0.29) is 12.2 Å². The van der Waals surface area contributed by atoms with Gasteiger partial charge in [-0.3, -0.25) is 4.79 Å². The number of hydrogen-bond donors (Lipinski definition) is 1. The maximum absolute atomic E-state index is 13.1. The minimum Gasteiger partial charge on any atom is -0.496 e. The highest BCUT2D eigenvalue weighted by molar-refractivity contribution is 5.67. The van der Waals surface area contributed by atoms with Gasteiger partial charge in [0, 0.05) is 12.0 Å². The third-order valence-corrected chi connectivity index (χ3v) is 2.23. The van der Waals surface area contributed by atoms with Crippen LogP contribution in [0.4, 0.5) is 4.39 Å². The summed E-state index contributed by atoms with van der Waals surface area (Å²) in [5.74, 6) is -0.777. The first kappa shape index (κ1) is 11.5. The lowest BCUT2D eigenvalue weighted by molar-refractivity contribution is -0.136. The fourth-order valence-electron chi connectivity index (χ4n) is 1.45. The lowest BCUT2D eigenvalue weighted by Gasteiger charge is -2.10. The van der Waals surface area contributed by atoms with Gasteiger partial charge in [-0.1, -0.05) is 6.07 Å². The Kier molecular flexibility index (Phi) is 3.66. The first-order chi connectivity index (χ1) is 7.06. The van der Waals surface area contributed by atoms with Crippen LogP contribution in [-0.2, 0) is 11.2 Å². The molecule has 0 aliphatic carbocycles. The van der Waals surface area contributed by atoms with E-state index in [1.807, 2.05) is 0 Å². The van der Waals surface area contributed by atoms with Crippen molar-refractivity contribution in [1.82, 2.24) is 0 Å². The largest absolute Gasteiger partial charge is 0.496 e. The van der Waals surface area contributed by atoms with Crippen molar-refractivity contribution in [3.05, 3.63) is 29.1 Å². The number of rotatable bonds is 4. The molecule has 1 rings (SSSR count). The minimum absolute atomic E-state index is 0.0153. The van der Waals surface area contributed by atoms with Gasteiger partial charge in [0.15, 0.2) is 0 Å². The molecule has 0 bridgehead atoms. The lowest BCUT2D eigenvalue weighted by atomic mass is 10.0. The lowest BCUT2D eigenvalue weighted by Crippen LogP contribution is -2.01. The van der Waals surface area contributed by atoms with Gasteiger partial charge in [-0.15, -0.1) is 0 Å². The van der Waals surface area contributed by atoms with E-state index in [4.69, 9.17) is 9.84 Å². The molecule has 0 spiro atoms. The molecule has 0 fully saturated rings. The third-order valence-electron chi connectivity index (χ3n) is 2.23. The van der Waals surface area contributed by atoms with Crippen LogP contribution < -0.4 is 4.74 Å². The molecule has 1 aromatic carbocycles. The van der Waals surface area contributed by atoms with Gasteiger partial charge in [0.05, 0.1) is 7.11 Å². The predicted molar refractivity (Wildman–Crippen MR) is 53.6 cm³/mol. The maximum Gasteiger partial charge on any atom is 0.303 e. The number of carboxylic acids is 1. The van der Waals surface area contributed by atoms with E-state index in [9.17, 15) is 9.18 Å². The second-order valence-corrected chi connectivity index (χ2v) is 3.26. The van der Waals surface area contributed by atoms with Crippen molar-refractivity contribution in [2.45, 2.75) is 19.8 Å². The predicted octanol–water partition coefficient (Wildman–Crippen LogP) is 2.16. The minimum atomic E-state index is -0.876. The number of aryl methyl sites for hydroxylation is 1. The van der Waals surface area contributed by atoms with Crippen molar-refractivity contribution >= 4 is 5.97 Å². The summed E-state index contributed by atoms with van der Waals surface area (Å²) in [5, 5.41) is 8.55. The molecule has 0 amide bonds. The van der Waals surface area contributed by atoms with Crippen LogP contribution in [0.5, 0.6) is 5.75 Å². The molecule has 0 aliphatic rings. The molecule has 4 heteroatoms. The van der Waals surface area contributed by atoms with Crippen LogP contribution in [-0.4, -0.2) is 18.2 Å². The van der Waals surface area contributed by atoms with Gasteiger partial charge in [-0.25, -0.2) is 4.39 Å². The molecule has 0 heterocycles. The van der Waals surface area contributed by atoms with Crippen molar-refractivity contribution in [2.24, 2.45) is 0 Å². The zero-order valence-corrected chi connectivity index (χ0v) is 8.71. The molecule has 15 heavy (non-hydrogen) atoms. The summed E-state index contributed by atoms with van der Waals surface area (Å²) in [6.45, 7) is 1.61. The Morgan fingerprint density at radius 2 is 2.20 bits per heavy atom. The number of aliphatic carboxylic acids is 1. The van der Waals surface area contributed by atoms with E-state index in [0.717, 1.165) is 5.56 Å². The van der Waals surface area contributed by atoms with Crippen molar-refractivity contribution in [3.63, 3.8) is 0 Å². The molecular formula is C11H13FO3. The Bertz CT molecular complexity index is 374. The number of carbonyl (C=O) groups is 1. The van der Waals surface area contributed by atoms with Gasteiger partial charge in [0.25, 0.3) is 0 Å². The summed E-state index contributed by atoms with van der Waals surface area (Å²) >= 11 is 0. The van der Waals surface area contributed by atoms with Crippen LogP contribution in [0.1, 0.15) is 17.5 Å². The van der Waals surface area contributed by atoms with Crippen LogP contribution >= 0.6 is 0 Å². The maximum atomic E-state index is 13.1. The summed E-state index contributed by atoms with van der Waals surface area (Å²) in [5.41, 5.74) is 1.14. The first-order valence-electron chi connectivity index (χ1n) is 4.60. The van der Waals surface area contributed by atoms with E-state index in [1.165, 1.54) is 13.2 Å². The molecule has 0 aromatic heterocycles. The van der Waals surface area contributed by atoms with Crippen molar-refractivity contribution in [1.29, 1.82) is 0 Å². The normalized spacial score (nSPS) is 10.1. The zero-order chi connectivity index (χ0) is 11.4. The molecule has 0 atom stereocenters.